The molecule has 16 heavy (non-hydrogen) atoms. The Bertz CT molecular complexity index is 504. The van der Waals surface area contributed by atoms with E-state index in [0.29, 0.717) is 5.82 Å². The van der Waals surface area contributed by atoms with E-state index in [9.17, 15) is 4.39 Å². The monoisotopic (exact) mass is 220 g/mol. The number of nitrogen functional groups attached to an aromatic ring is 1. The third-order valence-electron chi connectivity index (χ3n) is 2.40. The lowest BCUT2D eigenvalue weighted by Gasteiger charge is -2.17. The molecule has 0 aliphatic rings. The molecule has 0 saturated carbocycles. The van der Waals surface area contributed by atoms with Crippen LogP contribution in [0.2, 0.25) is 0 Å². The van der Waals surface area contributed by atoms with Crippen LogP contribution in [0.15, 0.2) is 24.4 Å². The summed E-state index contributed by atoms with van der Waals surface area (Å²) in [5.74, 6) is 0.212. The Hall–Kier alpha value is -2.04. The molecule has 0 atom stereocenters. The van der Waals surface area contributed by atoms with Gasteiger partial charge in [0.15, 0.2) is 0 Å². The fourth-order valence-corrected chi connectivity index (χ4v) is 1.61. The molecular weight excluding hydrogens is 207 g/mol. The summed E-state index contributed by atoms with van der Waals surface area (Å²) < 4.78 is 13.2. The van der Waals surface area contributed by atoms with Gasteiger partial charge in [-0.05, 0) is 18.2 Å². The van der Waals surface area contributed by atoms with Crippen LogP contribution in [0.3, 0.4) is 0 Å². The van der Waals surface area contributed by atoms with Gasteiger partial charge in [-0.2, -0.15) is 5.10 Å². The van der Waals surface area contributed by atoms with Gasteiger partial charge in [-0.15, -0.1) is 0 Å². The number of nitrogens with zero attached hydrogens (tertiary/aromatic N) is 2. The Morgan fingerprint density at radius 2 is 2.06 bits per heavy atom. The van der Waals surface area contributed by atoms with Crippen LogP contribution in [-0.2, 0) is 0 Å². The van der Waals surface area contributed by atoms with Gasteiger partial charge in [0.2, 0.25) is 0 Å². The van der Waals surface area contributed by atoms with Crippen LogP contribution in [-0.4, -0.2) is 24.3 Å². The van der Waals surface area contributed by atoms with Crippen LogP contribution in [0.5, 0.6) is 0 Å². The van der Waals surface area contributed by atoms with Crippen molar-refractivity contribution in [3.8, 4) is 11.1 Å². The lowest BCUT2D eigenvalue weighted by atomic mass is 10.1. The van der Waals surface area contributed by atoms with Gasteiger partial charge < -0.3 is 10.6 Å². The first-order valence-electron chi connectivity index (χ1n) is 4.85. The standard InChI is InChI=1S/C11H13FN4/c1-16(2)10-5-7(12)3-4-8(10)9-6-14-15-11(9)13/h3-6H,1-2H3,(H3,13,14,15). The number of aromatic amines is 1. The summed E-state index contributed by atoms with van der Waals surface area (Å²) in [6.07, 6.45) is 1.63. The summed E-state index contributed by atoms with van der Waals surface area (Å²) in [7, 11) is 3.71. The first-order valence-corrected chi connectivity index (χ1v) is 4.85. The van der Waals surface area contributed by atoms with Gasteiger partial charge in [-0.1, -0.05) is 0 Å². The quantitative estimate of drug-likeness (QED) is 0.812. The zero-order valence-electron chi connectivity index (χ0n) is 9.16. The number of rotatable bonds is 2. The van der Waals surface area contributed by atoms with Crippen molar-refractivity contribution in [1.29, 1.82) is 0 Å². The van der Waals surface area contributed by atoms with Gasteiger partial charge in [0.05, 0.1) is 6.20 Å². The van der Waals surface area contributed by atoms with Gasteiger partial charge in [0.1, 0.15) is 11.6 Å². The molecule has 0 saturated heterocycles. The highest BCUT2D eigenvalue weighted by Gasteiger charge is 2.12. The average Bonchev–Trinajstić information content (AvgIpc) is 2.64. The number of nitrogens with one attached hydrogen (secondary N) is 1. The second-order valence-corrected chi connectivity index (χ2v) is 3.75. The van der Waals surface area contributed by atoms with E-state index in [-0.39, 0.29) is 5.82 Å². The van der Waals surface area contributed by atoms with E-state index in [4.69, 9.17) is 5.73 Å². The smallest absolute Gasteiger partial charge is 0.126 e. The summed E-state index contributed by atoms with van der Waals surface area (Å²) >= 11 is 0. The van der Waals surface area contributed by atoms with E-state index >= 15 is 0 Å². The fraction of sp³-hybridized carbons (Fsp3) is 0.182. The van der Waals surface area contributed by atoms with Crippen LogP contribution in [0, 0.1) is 5.82 Å². The number of anilines is 2. The predicted molar refractivity (Wildman–Crippen MR) is 62.7 cm³/mol. The highest BCUT2D eigenvalue weighted by atomic mass is 19.1. The second-order valence-electron chi connectivity index (χ2n) is 3.75. The van der Waals surface area contributed by atoms with Crippen LogP contribution in [0.25, 0.3) is 11.1 Å². The number of benzene rings is 1. The van der Waals surface area contributed by atoms with Crippen molar-refractivity contribution < 1.29 is 4.39 Å². The van der Waals surface area contributed by atoms with Crippen LogP contribution in [0.1, 0.15) is 0 Å². The maximum atomic E-state index is 13.2. The lowest BCUT2D eigenvalue weighted by Crippen LogP contribution is -2.10. The van der Waals surface area contributed by atoms with Crippen molar-refractivity contribution in [2.45, 2.75) is 0 Å². The zero-order valence-corrected chi connectivity index (χ0v) is 9.16. The third-order valence-corrected chi connectivity index (χ3v) is 2.40. The average molecular weight is 220 g/mol. The molecule has 0 aliphatic heterocycles. The SMILES string of the molecule is CN(C)c1cc(F)ccc1-c1cn[nH]c1N. The Morgan fingerprint density at radius 3 is 2.62 bits per heavy atom. The molecule has 2 rings (SSSR count). The highest BCUT2D eigenvalue weighted by Crippen LogP contribution is 2.32. The van der Waals surface area contributed by atoms with Gasteiger partial charge in [0.25, 0.3) is 0 Å². The van der Waals surface area contributed by atoms with E-state index in [1.54, 1.807) is 12.3 Å². The van der Waals surface area contributed by atoms with Crippen molar-refractivity contribution in [2.24, 2.45) is 0 Å². The third kappa shape index (κ3) is 1.71. The van der Waals surface area contributed by atoms with Gasteiger partial charge in [0, 0.05) is 30.9 Å². The molecule has 1 aromatic heterocycles. The second kappa shape index (κ2) is 3.84. The molecule has 0 amide bonds. The minimum Gasteiger partial charge on any atom is -0.384 e. The Labute approximate surface area is 92.9 Å². The molecule has 0 spiro atoms. The van der Waals surface area contributed by atoms with Crippen molar-refractivity contribution >= 4 is 11.5 Å². The number of hydrogen-bond donors (Lipinski definition) is 2. The molecule has 0 fully saturated rings. The minimum atomic E-state index is -0.269. The molecule has 1 aromatic carbocycles. The molecule has 0 aliphatic carbocycles. The summed E-state index contributed by atoms with van der Waals surface area (Å²) in [6.45, 7) is 0. The number of H-pyrrole nitrogens is 1. The van der Waals surface area contributed by atoms with Gasteiger partial charge in [-0.3, -0.25) is 5.10 Å². The first-order chi connectivity index (χ1) is 7.59. The molecule has 84 valence electrons. The summed E-state index contributed by atoms with van der Waals surface area (Å²) in [5.41, 5.74) is 8.16. The molecule has 0 radical (unpaired) electrons. The lowest BCUT2D eigenvalue weighted by molar-refractivity contribution is 0.628. The summed E-state index contributed by atoms with van der Waals surface area (Å²) in [6, 6.07) is 4.59. The van der Waals surface area contributed by atoms with Crippen molar-refractivity contribution in [3.05, 3.63) is 30.2 Å². The molecule has 1 heterocycles. The number of nitrogens with two attached hydrogens (primary N) is 1. The number of halogens is 1. The number of hydrogen-bond acceptors (Lipinski definition) is 3. The van der Waals surface area contributed by atoms with Crippen molar-refractivity contribution in [1.82, 2.24) is 10.2 Å². The Balaban J connectivity index is 2.61. The van der Waals surface area contributed by atoms with E-state index in [1.807, 2.05) is 19.0 Å². The van der Waals surface area contributed by atoms with E-state index in [1.165, 1.54) is 12.1 Å². The summed E-state index contributed by atoms with van der Waals surface area (Å²) in [4.78, 5) is 1.84. The number of aromatic nitrogens is 2. The molecular formula is C11H13FN4. The molecule has 4 nitrogen and oxygen atoms in total. The minimum absolute atomic E-state index is 0.269. The van der Waals surface area contributed by atoms with Crippen LogP contribution in [0.4, 0.5) is 15.9 Å². The normalized spacial score (nSPS) is 10.4. The van der Waals surface area contributed by atoms with E-state index in [2.05, 4.69) is 10.2 Å². The Morgan fingerprint density at radius 1 is 1.31 bits per heavy atom. The molecule has 3 N–H and O–H groups in total. The van der Waals surface area contributed by atoms with E-state index < -0.39 is 0 Å². The van der Waals surface area contributed by atoms with Gasteiger partial charge >= 0.3 is 0 Å². The molecule has 2 aromatic rings. The fourth-order valence-electron chi connectivity index (χ4n) is 1.61. The predicted octanol–water partition coefficient (Wildman–Crippen LogP) is 1.86. The highest BCUT2D eigenvalue weighted by molar-refractivity contribution is 5.83. The van der Waals surface area contributed by atoms with Crippen molar-refractivity contribution in [3.63, 3.8) is 0 Å². The molecule has 5 heteroatoms. The summed E-state index contributed by atoms with van der Waals surface area (Å²) in [5, 5.41) is 6.52. The van der Waals surface area contributed by atoms with Crippen LogP contribution >= 0.6 is 0 Å². The zero-order chi connectivity index (χ0) is 11.7. The van der Waals surface area contributed by atoms with Crippen molar-refractivity contribution in [2.75, 3.05) is 24.7 Å². The van der Waals surface area contributed by atoms with E-state index in [0.717, 1.165) is 16.8 Å². The molecule has 0 bridgehead atoms. The van der Waals surface area contributed by atoms with Crippen LogP contribution < -0.4 is 10.6 Å². The maximum absolute atomic E-state index is 13.2. The largest absolute Gasteiger partial charge is 0.384 e. The van der Waals surface area contributed by atoms with Gasteiger partial charge in [-0.25, -0.2) is 4.39 Å². The first kappa shape index (κ1) is 10.5. The topological polar surface area (TPSA) is 57.9 Å². The maximum Gasteiger partial charge on any atom is 0.126 e. The Kier molecular flexibility index (Phi) is 2.52. The molecule has 0 unspecified atom stereocenters.